The molecule has 32 heavy (non-hydrogen) atoms. The smallest absolute Gasteiger partial charge is 0.320 e. The summed E-state index contributed by atoms with van der Waals surface area (Å²) in [6.45, 7) is 1.89. The molecule has 2 aromatic rings. The molecule has 1 N–H and O–H groups in total. The molecule has 1 fully saturated rings. The first-order chi connectivity index (χ1) is 15.1. The zero-order chi connectivity index (χ0) is 23.5. The summed E-state index contributed by atoms with van der Waals surface area (Å²) in [5, 5.41) is 12.8. The highest BCUT2D eigenvalue weighted by Gasteiger charge is 2.38. The van der Waals surface area contributed by atoms with Crippen LogP contribution >= 0.6 is 11.8 Å². The van der Waals surface area contributed by atoms with Crippen LogP contribution in [-0.2, 0) is 15.8 Å². The van der Waals surface area contributed by atoms with Crippen molar-refractivity contribution in [2.45, 2.75) is 24.8 Å². The van der Waals surface area contributed by atoms with Gasteiger partial charge in [0, 0.05) is 19.0 Å². The van der Waals surface area contributed by atoms with Crippen molar-refractivity contribution >= 4 is 45.8 Å². The molecule has 1 aliphatic heterocycles. The largest absolute Gasteiger partial charge is 0.416 e. The Hall–Kier alpha value is -3.41. The SMILES string of the molecule is CCN1C(=O)C(CC(=O)Nc2ccccc2[N+](=O)[O-])SC1=Nc1cccc(C(F)(F)F)c1. The van der Waals surface area contributed by atoms with Gasteiger partial charge in [-0.1, -0.05) is 30.0 Å². The molecule has 1 atom stereocenters. The molecule has 0 radical (unpaired) electrons. The van der Waals surface area contributed by atoms with Crippen molar-refractivity contribution in [2.75, 3.05) is 11.9 Å². The number of carbonyl (C=O) groups is 2. The average Bonchev–Trinajstić information content (AvgIpc) is 3.01. The minimum atomic E-state index is -4.53. The van der Waals surface area contributed by atoms with Crippen LogP contribution in [0.1, 0.15) is 18.9 Å². The molecule has 2 amide bonds. The van der Waals surface area contributed by atoms with Gasteiger partial charge in [-0.05, 0) is 31.2 Å². The minimum Gasteiger partial charge on any atom is -0.320 e. The molecule has 12 heteroatoms. The summed E-state index contributed by atoms with van der Waals surface area (Å²) in [7, 11) is 0. The number of halogens is 3. The van der Waals surface area contributed by atoms with Gasteiger partial charge in [-0.15, -0.1) is 0 Å². The first-order valence-corrected chi connectivity index (χ1v) is 10.3. The molecule has 0 spiro atoms. The Morgan fingerprint density at radius 1 is 1.25 bits per heavy atom. The van der Waals surface area contributed by atoms with Gasteiger partial charge in [0.25, 0.3) is 5.69 Å². The number of nitrogens with one attached hydrogen (secondary N) is 1. The van der Waals surface area contributed by atoms with Crippen LogP contribution < -0.4 is 5.32 Å². The van der Waals surface area contributed by atoms with Gasteiger partial charge in [0.15, 0.2) is 5.17 Å². The highest BCUT2D eigenvalue weighted by atomic mass is 32.2. The van der Waals surface area contributed by atoms with Crippen molar-refractivity contribution in [3.05, 3.63) is 64.2 Å². The normalized spacial score (nSPS) is 17.6. The predicted octanol–water partition coefficient (Wildman–Crippen LogP) is 4.59. The highest BCUT2D eigenvalue weighted by Crippen LogP contribution is 2.35. The Labute approximate surface area is 184 Å². The number of aliphatic imine (C=N–C) groups is 1. The fourth-order valence-electron chi connectivity index (χ4n) is 2.99. The van der Waals surface area contributed by atoms with Crippen molar-refractivity contribution in [3.8, 4) is 0 Å². The standard InChI is InChI=1S/C20H17F3N4O4S/c1-2-26-18(29)16(11-17(28)25-14-8-3-4-9-15(14)27(30)31)32-19(26)24-13-7-5-6-12(10-13)20(21,22)23/h3-10,16H,2,11H2,1H3,(H,25,28). The molecule has 2 aromatic carbocycles. The van der Waals surface area contributed by atoms with Gasteiger partial charge in [0.1, 0.15) is 10.9 Å². The van der Waals surface area contributed by atoms with Crippen LogP contribution in [0, 0.1) is 10.1 Å². The summed E-state index contributed by atoms with van der Waals surface area (Å²) >= 11 is 0.959. The zero-order valence-electron chi connectivity index (χ0n) is 16.6. The van der Waals surface area contributed by atoms with Gasteiger partial charge in [0.05, 0.1) is 16.2 Å². The summed E-state index contributed by atoms with van der Waals surface area (Å²) in [4.78, 5) is 41.0. The van der Waals surface area contributed by atoms with E-state index in [1.165, 1.54) is 41.3 Å². The Bertz CT molecular complexity index is 1090. The second-order valence-corrected chi connectivity index (χ2v) is 7.83. The van der Waals surface area contributed by atoms with Crippen LogP contribution in [0.3, 0.4) is 0 Å². The van der Waals surface area contributed by atoms with Gasteiger partial charge in [0.2, 0.25) is 11.8 Å². The lowest BCUT2D eigenvalue weighted by molar-refractivity contribution is -0.383. The van der Waals surface area contributed by atoms with Crippen molar-refractivity contribution in [1.82, 2.24) is 4.90 Å². The summed E-state index contributed by atoms with van der Waals surface area (Å²) < 4.78 is 38.8. The number of amides is 2. The number of amidine groups is 1. The number of alkyl halides is 3. The monoisotopic (exact) mass is 466 g/mol. The van der Waals surface area contributed by atoms with Crippen molar-refractivity contribution < 1.29 is 27.7 Å². The average molecular weight is 466 g/mol. The van der Waals surface area contributed by atoms with Crippen LogP contribution in [0.25, 0.3) is 0 Å². The maximum absolute atomic E-state index is 12.9. The minimum absolute atomic E-state index is 0.00292. The lowest BCUT2D eigenvalue weighted by Gasteiger charge is -2.13. The van der Waals surface area contributed by atoms with Crippen LogP contribution in [0.5, 0.6) is 0 Å². The van der Waals surface area contributed by atoms with Gasteiger partial charge in [-0.3, -0.25) is 24.6 Å². The second-order valence-electron chi connectivity index (χ2n) is 6.66. The van der Waals surface area contributed by atoms with E-state index in [1.807, 2.05) is 0 Å². The van der Waals surface area contributed by atoms with Gasteiger partial charge in [-0.2, -0.15) is 13.2 Å². The molecule has 0 saturated carbocycles. The van der Waals surface area contributed by atoms with Crippen LogP contribution in [0.2, 0.25) is 0 Å². The number of thioether (sulfide) groups is 1. The third-order valence-corrected chi connectivity index (χ3v) is 5.66. The quantitative estimate of drug-likeness (QED) is 0.495. The van der Waals surface area contributed by atoms with Crippen LogP contribution in [0.4, 0.5) is 30.2 Å². The first-order valence-electron chi connectivity index (χ1n) is 9.37. The van der Waals surface area contributed by atoms with E-state index in [0.29, 0.717) is 0 Å². The fraction of sp³-hybridized carbons (Fsp3) is 0.250. The molecule has 1 heterocycles. The zero-order valence-corrected chi connectivity index (χ0v) is 17.4. The first kappa shape index (κ1) is 23.3. The van der Waals surface area contributed by atoms with Crippen molar-refractivity contribution in [2.24, 2.45) is 4.99 Å². The van der Waals surface area contributed by atoms with Gasteiger partial charge < -0.3 is 5.32 Å². The van der Waals surface area contributed by atoms with Crippen molar-refractivity contribution in [3.63, 3.8) is 0 Å². The maximum atomic E-state index is 12.9. The van der Waals surface area contributed by atoms with Crippen LogP contribution in [-0.4, -0.2) is 38.6 Å². The van der Waals surface area contributed by atoms with E-state index in [1.54, 1.807) is 6.92 Å². The number of hydrogen-bond acceptors (Lipinski definition) is 6. The molecule has 1 aliphatic rings. The molecule has 3 rings (SSSR count). The predicted molar refractivity (Wildman–Crippen MR) is 114 cm³/mol. The summed E-state index contributed by atoms with van der Waals surface area (Å²) in [6.07, 6.45) is -4.81. The molecule has 8 nitrogen and oxygen atoms in total. The lowest BCUT2D eigenvalue weighted by atomic mass is 10.2. The number of rotatable bonds is 6. The molecule has 1 saturated heterocycles. The van der Waals surface area contributed by atoms with E-state index in [0.717, 1.165) is 23.9 Å². The Kier molecular flexibility index (Phi) is 6.82. The summed E-state index contributed by atoms with van der Waals surface area (Å²) in [6, 6.07) is 10.00. The molecule has 168 valence electrons. The molecule has 1 unspecified atom stereocenters. The van der Waals surface area contributed by atoms with Crippen LogP contribution in [0.15, 0.2) is 53.5 Å². The third kappa shape index (κ3) is 5.25. The second kappa shape index (κ2) is 9.39. The van der Waals surface area contributed by atoms with Crippen molar-refractivity contribution in [1.29, 1.82) is 0 Å². The van der Waals surface area contributed by atoms with E-state index in [4.69, 9.17) is 0 Å². The number of nitro groups is 1. The molecule has 0 bridgehead atoms. The number of carbonyl (C=O) groups excluding carboxylic acids is 2. The fourth-order valence-corrected chi connectivity index (χ4v) is 4.21. The Morgan fingerprint density at radius 3 is 2.62 bits per heavy atom. The number of nitrogens with zero attached hydrogens (tertiary/aromatic N) is 3. The van der Waals surface area contributed by atoms with E-state index < -0.39 is 33.7 Å². The molecule has 0 aromatic heterocycles. The Morgan fingerprint density at radius 2 is 1.97 bits per heavy atom. The highest BCUT2D eigenvalue weighted by molar-refractivity contribution is 8.15. The summed E-state index contributed by atoms with van der Waals surface area (Å²) in [5.74, 6) is -1.03. The Balaban J connectivity index is 1.77. The lowest BCUT2D eigenvalue weighted by Crippen LogP contribution is -2.33. The molecular formula is C20H17F3N4O4S. The number of anilines is 1. The number of nitro benzene ring substituents is 1. The van der Waals surface area contributed by atoms with Gasteiger partial charge in [-0.25, -0.2) is 4.99 Å². The number of hydrogen-bond donors (Lipinski definition) is 1. The maximum Gasteiger partial charge on any atom is 0.416 e. The summed E-state index contributed by atoms with van der Waals surface area (Å²) in [5.41, 5.74) is -1.12. The molecule has 0 aliphatic carbocycles. The topological polar surface area (TPSA) is 105 Å². The van der Waals surface area contributed by atoms with E-state index in [-0.39, 0.29) is 35.2 Å². The number of benzene rings is 2. The van der Waals surface area contributed by atoms with Gasteiger partial charge >= 0.3 is 6.18 Å². The van der Waals surface area contributed by atoms with E-state index in [2.05, 4.69) is 10.3 Å². The molecular weight excluding hydrogens is 449 g/mol. The number of para-hydroxylation sites is 2. The van der Waals surface area contributed by atoms with E-state index >= 15 is 0 Å². The van der Waals surface area contributed by atoms with E-state index in [9.17, 15) is 32.9 Å². The third-order valence-electron chi connectivity index (χ3n) is 4.48.